The van der Waals surface area contributed by atoms with Crippen LogP contribution in [0.25, 0.3) is 27.6 Å². The number of nitrogens with one attached hydrogen (secondary N) is 1. The van der Waals surface area contributed by atoms with Crippen molar-refractivity contribution in [2.75, 3.05) is 36.9 Å². The molecule has 48 heavy (non-hydrogen) atoms. The molecule has 4 saturated heterocycles. The van der Waals surface area contributed by atoms with Crippen molar-refractivity contribution in [3.63, 3.8) is 0 Å². The van der Waals surface area contributed by atoms with Crippen LogP contribution in [0, 0.1) is 18.6 Å². The molecule has 7 heterocycles. The minimum absolute atomic E-state index is 0.00606. The van der Waals surface area contributed by atoms with Crippen LogP contribution in [0.2, 0.25) is 0 Å². The molecule has 3 aromatic rings. The van der Waals surface area contributed by atoms with Gasteiger partial charge in [0.15, 0.2) is 5.82 Å². The summed E-state index contributed by atoms with van der Waals surface area (Å²) in [5, 5.41) is 3.56. The van der Waals surface area contributed by atoms with Crippen molar-refractivity contribution in [1.29, 1.82) is 0 Å². The van der Waals surface area contributed by atoms with Crippen molar-refractivity contribution < 1.29 is 35.5 Å². The van der Waals surface area contributed by atoms with E-state index in [0.717, 1.165) is 32.3 Å². The number of aryl methyl sites for hydroxylation is 1. The largest absolute Gasteiger partial charge is 0.461 e. The topological polar surface area (TPSA) is 92.4 Å². The van der Waals surface area contributed by atoms with Gasteiger partial charge in [-0.3, -0.25) is 4.90 Å². The highest BCUT2D eigenvalue weighted by Crippen LogP contribution is 2.50. The average Bonchev–Trinajstić information content (AvgIpc) is 3.67. The Morgan fingerprint density at radius 1 is 1.15 bits per heavy atom. The Morgan fingerprint density at radius 2 is 1.94 bits per heavy atom. The first-order valence-electron chi connectivity index (χ1n) is 15.9. The number of aromatic nitrogens is 3. The highest BCUT2D eigenvalue weighted by atomic mass is 19.4. The second-order valence-corrected chi connectivity index (χ2v) is 13.6. The van der Waals surface area contributed by atoms with Crippen molar-refractivity contribution in [3.05, 3.63) is 52.8 Å². The molecular formula is C33H32F7N7O. The number of piperazine rings is 1. The number of halogens is 7. The van der Waals surface area contributed by atoms with Gasteiger partial charge in [0.2, 0.25) is 0 Å². The summed E-state index contributed by atoms with van der Waals surface area (Å²) < 4.78 is 110. The van der Waals surface area contributed by atoms with Gasteiger partial charge in [0.1, 0.15) is 29.6 Å². The van der Waals surface area contributed by atoms with E-state index < -0.39 is 57.3 Å². The molecule has 15 heteroatoms. The fourth-order valence-corrected chi connectivity index (χ4v) is 8.76. The Kier molecular flexibility index (Phi) is 7.02. The normalized spacial score (nSPS) is 26.7. The summed E-state index contributed by atoms with van der Waals surface area (Å²) in [5.74, 6) is -2.72. The number of alkyl halides is 3. The Balaban J connectivity index is 1.35. The van der Waals surface area contributed by atoms with E-state index in [1.807, 2.05) is 9.80 Å². The molecule has 0 aliphatic carbocycles. The number of hydrogen-bond donors (Lipinski definition) is 2. The van der Waals surface area contributed by atoms with Gasteiger partial charge in [-0.15, -0.1) is 0 Å². The molecule has 0 amide bonds. The number of benzene rings is 1. The van der Waals surface area contributed by atoms with E-state index in [1.165, 1.54) is 0 Å². The molecule has 0 spiro atoms. The maximum absolute atomic E-state index is 16.9. The number of nitrogens with two attached hydrogens (primary N) is 1. The number of nitrogen functional groups attached to an aromatic ring is 1. The van der Waals surface area contributed by atoms with Gasteiger partial charge >= 0.3 is 12.2 Å². The van der Waals surface area contributed by atoms with Gasteiger partial charge in [0, 0.05) is 47.9 Å². The zero-order valence-corrected chi connectivity index (χ0v) is 26.0. The summed E-state index contributed by atoms with van der Waals surface area (Å²) in [5.41, 5.74) is 1.17. The van der Waals surface area contributed by atoms with Gasteiger partial charge in [-0.2, -0.15) is 31.9 Å². The van der Waals surface area contributed by atoms with E-state index in [0.29, 0.717) is 19.5 Å². The number of fused-ring (bicyclic) bond motifs is 6. The smallest absolute Gasteiger partial charge is 0.418 e. The third kappa shape index (κ3) is 4.67. The lowest BCUT2D eigenvalue weighted by Gasteiger charge is -2.41. The van der Waals surface area contributed by atoms with Crippen LogP contribution in [-0.2, 0) is 6.18 Å². The molecule has 0 unspecified atom stereocenters. The van der Waals surface area contributed by atoms with Crippen LogP contribution in [-0.4, -0.2) is 69.8 Å². The van der Waals surface area contributed by atoms with Crippen LogP contribution < -0.4 is 20.7 Å². The van der Waals surface area contributed by atoms with Gasteiger partial charge in [-0.05, 0) is 63.6 Å². The van der Waals surface area contributed by atoms with Gasteiger partial charge in [-0.25, -0.2) is 13.8 Å². The number of rotatable bonds is 4. The number of nitrogens with zero attached hydrogens (tertiary/aromatic N) is 5. The van der Waals surface area contributed by atoms with Gasteiger partial charge in [0.05, 0.1) is 27.7 Å². The number of hydrogen-bond acceptors (Lipinski definition) is 8. The highest BCUT2D eigenvalue weighted by Gasteiger charge is 2.49. The van der Waals surface area contributed by atoms with Crippen LogP contribution >= 0.6 is 0 Å². The summed E-state index contributed by atoms with van der Waals surface area (Å²) in [4.78, 5) is 16.7. The lowest BCUT2D eigenvalue weighted by molar-refractivity contribution is -0.137. The van der Waals surface area contributed by atoms with Gasteiger partial charge in [0.25, 0.3) is 6.08 Å². The summed E-state index contributed by atoms with van der Waals surface area (Å²) in [7, 11) is 0. The van der Waals surface area contributed by atoms with Crippen LogP contribution in [0.5, 0.6) is 6.01 Å². The summed E-state index contributed by atoms with van der Waals surface area (Å²) in [6.45, 7) is 6.32. The summed E-state index contributed by atoms with van der Waals surface area (Å²) in [6.07, 6.45) is -3.33. The van der Waals surface area contributed by atoms with Crippen molar-refractivity contribution in [1.82, 2.24) is 25.2 Å². The Bertz CT molecular complexity index is 1930. The maximum Gasteiger partial charge on any atom is 0.418 e. The lowest BCUT2D eigenvalue weighted by Crippen LogP contribution is -2.58. The number of ether oxygens (including phenoxy) is 1. The molecule has 4 fully saturated rings. The molecule has 2 bridgehead atoms. The zero-order valence-electron chi connectivity index (χ0n) is 26.0. The monoisotopic (exact) mass is 675 g/mol. The third-order valence-corrected chi connectivity index (χ3v) is 10.8. The van der Waals surface area contributed by atoms with Crippen LogP contribution in [0.1, 0.15) is 55.3 Å². The van der Waals surface area contributed by atoms with Crippen LogP contribution in [0.15, 0.2) is 24.3 Å². The molecule has 8 nitrogen and oxygen atoms in total. The fraction of sp³-hybridized carbons (Fsp3) is 0.485. The van der Waals surface area contributed by atoms with E-state index in [2.05, 4.69) is 21.9 Å². The highest BCUT2D eigenvalue weighted by molar-refractivity contribution is 6.04. The molecule has 5 aliphatic heterocycles. The molecule has 3 N–H and O–H groups in total. The average molecular weight is 676 g/mol. The first-order chi connectivity index (χ1) is 22.8. The zero-order chi connectivity index (χ0) is 33.9. The number of anilines is 2. The summed E-state index contributed by atoms with van der Waals surface area (Å²) in [6, 6.07) is 0.347. The van der Waals surface area contributed by atoms with Gasteiger partial charge < -0.3 is 20.7 Å². The predicted octanol–water partition coefficient (Wildman–Crippen LogP) is 6.37. The quantitative estimate of drug-likeness (QED) is 0.309. The first kappa shape index (κ1) is 31.3. The van der Waals surface area contributed by atoms with E-state index in [1.54, 1.807) is 0 Å². The second-order valence-electron chi connectivity index (χ2n) is 13.6. The molecule has 8 rings (SSSR count). The predicted molar refractivity (Wildman–Crippen MR) is 164 cm³/mol. The van der Waals surface area contributed by atoms with E-state index in [4.69, 9.17) is 15.5 Å². The van der Waals surface area contributed by atoms with Crippen molar-refractivity contribution >= 4 is 28.1 Å². The molecular weight excluding hydrogens is 643 g/mol. The Hall–Kier alpha value is -3.98. The third-order valence-electron chi connectivity index (χ3n) is 10.8. The van der Waals surface area contributed by atoms with Crippen molar-refractivity contribution in [2.24, 2.45) is 0 Å². The molecule has 1 aromatic carbocycles. The minimum atomic E-state index is -5.02. The molecule has 4 atom stereocenters. The second kappa shape index (κ2) is 10.8. The lowest BCUT2D eigenvalue weighted by atomic mass is 9.89. The molecule has 2 aromatic heterocycles. The molecule has 0 saturated carbocycles. The standard InChI is InChI=1S/C33H32F7N7O/c1-14-8-20-19-5-4-17(43-19)12-47(20)30-24-22(14)26(34)23(18-9-21(41)42-15(2)25(18)33(38,39)40)27(35)28(24)44-31(45-30)48-13-32-6-3-7-46(32)11-16(10-32)29(36)37/h9,17,19-20,43H,1,3-8,10-13H2,2H3,(H2,41,42)/t17-,19+,20+,32+/m1/s1. The maximum atomic E-state index is 16.9. The molecule has 254 valence electrons. The molecule has 0 radical (unpaired) electrons. The van der Waals surface area contributed by atoms with Crippen molar-refractivity contribution in [2.45, 2.75) is 75.3 Å². The Labute approximate surface area is 270 Å². The first-order valence-corrected chi connectivity index (χ1v) is 15.9. The molecule has 5 aliphatic rings. The minimum Gasteiger partial charge on any atom is -0.461 e. The van der Waals surface area contributed by atoms with E-state index in [-0.39, 0.29) is 83.9 Å². The Morgan fingerprint density at radius 3 is 2.69 bits per heavy atom. The fourth-order valence-electron chi connectivity index (χ4n) is 8.76. The van der Waals surface area contributed by atoms with E-state index >= 15 is 8.78 Å². The van der Waals surface area contributed by atoms with Crippen LogP contribution in [0.4, 0.5) is 42.4 Å². The van der Waals surface area contributed by atoms with Crippen molar-refractivity contribution in [3.8, 4) is 17.1 Å². The van der Waals surface area contributed by atoms with Crippen LogP contribution in [0.3, 0.4) is 0 Å². The van der Waals surface area contributed by atoms with E-state index in [9.17, 15) is 22.0 Å². The SMILES string of the molecule is C=C1C[C@H]2[C@@H]3CC[C@H](CN2c2nc(OC[C@@]45CCCN4CC(=C(F)F)C5)nc4c(F)c(-c5cc(N)nc(C)c5C(F)(F)F)c(F)c1c24)N3. The number of pyridine rings is 1. The van der Waals surface area contributed by atoms with Gasteiger partial charge in [-0.1, -0.05) is 6.58 Å². The summed E-state index contributed by atoms with van der Waals surface area (Å²) >= 11 is 0.